The van der Waals surface area contributed by atoms with Crippen molar-refractivity contribution in [3.63, 3.8) is 0 Å². The van der Waals surface area contributed by atoms with Crippen molar-refractivity contribution in [1.29, 1.82) is 0 Å². The number of aliphatic hydroxyl groups is 1. The van der Waals surface area contributed by atoms with Crippen molar-refractivity contribution in [2.75, 3.05) is 13.2 Å². The van der Waals surface area contributed by atoms with Gasteiger partial charge in [0.1, 0.15) is 5.69 Å². The smallest absolute Gasteiger partial charge is 0.269 e. The van der Waals surface area contributed by atoms with Gasteiger partial charge in [-0.05, 0) is 0 Å². The van der Waals surface area contributed by atoms with Crippen LogP contribution >= 0.6 is 0 Å². The van der Waals surface area contributed by atoms with Gasteiger partial charge < -0.3 is 15.0 Å². The molecule has 0 spiro atoms. The van der Waals surface area contributed by atoms with Crippen molar-refractivity contribution in [2.45, 2.75) is 0 Å². The molecule has 1 aromatic heterocycles. The maximum absolute atomic E-state index is 11.2. The number of hydrogen-bond acceptors (Lipinski definition) is 3. The number of aryl methyl sites for hydroxylation is 1. The van der Waals surface area contributed by atoms with Gasteiger partial charge >= 0.3 is 0 Å². The molecule has 0 radical (unpaired) electrons. The highest BCUT2D eigenvalue weighted by atomic mass is 16.3. The highest BCUT2D eigenvalue weighted by Crippen LogP contribution is 1.94. The fraction of sp³-hybridized carbons (Fsp3) is 0.429. The predicted octanol–water partition coefficient (Wildman–Crippen LogP) is -0.858. The monoisotopic (exact) mass is 169 g/mol. The van der Waals surface area contributed by atoms with Crippen molar-refractivity contribution < 1.29 is 9.90 Å². The van der Waals surface area contributed by atoms with Gasteiger partial charge in [-0.25, -0.2) is 4.98 Å². The van der Waals surface area contributed by atoms with Gasteiger partial charge in [0.05, 0.1) is 19.1 Å². The van der Waals surface area contributed by atoms with E-state index in [-0.39, 0.29) is 19.1 Å². The Morgan fingerprint density at radius 2 is 2.58 bits per heavy atom. The standard InChI is InChI=1S/C7H11N3O2/c1-10-5-8-4-6(10)7(12)9-2-3-11/h4-5,11H,2-3H2,1H3,(H,9,12). The van der Waals surface area contributed by atoms with Crippen molar-refractivity contribution in [1.82, 2.24) is 14.9 Å². The first-order valence-electron chi connectivity index (χ1n) is 3.61. The Labute approximate surface area is 70.0 Å². The summed E-state index contributed by atoms with van der Waals surface area (Å²) in [6.45, 7) is 0.216. The second kappa shape index (κ2) is 3.87. The molecule has 66 valence electrons. The van der Waals surface area contributed by atoms with Crippen LogP contribution in [-0.4, -0.2) is 33.7 Å². The molecule has 1 rings (SSSR count). The zero-order valence-corrected chi connectivity index (χ0v) is 6.82. The molecular formula is C7H11N3O2. The molecule has 0 aromatic carbocycles. The van der Waals surface area contributed by atoms with Crippen molar-refractivity contribution in [2.24, 2.45) is 7.05 Å². The number of carbonyl (C=O) groups is 1. The average molecular weight is 169 g/mol. The second-order valence-electron chi connectivity index (χ2n) is 2.37. The van der Waals surface area contributed by atoms with E-state index in [2.05, 4.69) is 10.3 Å². The molecule has 1 amide bonds. The molecule has 5 nitrogen and oxygen atoms in total. The van der Waals surface area contributed by atoms with Crippen LogP contribution < -0.4 is 5.32 Å². The molecule has 0 fully saturated rings. The lowest BCUT2D eigenvalue weighted by Crippen LogP contribution is -2.27. The SMILES string of the molecule is Cn1cncc1C(=O)NCCO. The van der Waals surface area contributed by atoms with Crippen LogP contribution in [0.2, 0.25) is 0 Å². The summed E-state index contributed by atoms with van der Waals surface area (Å²) >= 11 is 0. The zero-order chi connectivity index (χ0) is 8.97. The quantitative estimate of drug-likeness (QED) is 0.619. The zero-order valence-electron chi connectivity index (χ0n) is 6.82. The third kappa shape index (κ3) is 1.82. The summed E-state index contributed by atoms with van der Waals surface area (Å²) in [4.78, 5) is 15.0. The molecule has 0 saturated carbocycles. The lowest BCUT2D eigenvalue weighted by atomic mass is 10.4. The second-order valence-corrected chi connectivity index (χ2v) is 2.37. The van der Waals surface area contributed by atoms with Crippen LogP contribution in [-0.2, 0) is 7.05 Å². The largest absolute Gasteiger partial charge is 0.395 e. The molecule has 0 aliphatic carbocycles. The first-order valence-corrected chi connectivity index (χ1v) is 3.61. The van der Waals surface area contributed by atoms with E-state index < -0.39 is 0 Å². The average Bonchev–Trinajstić information content (AvgIpc) is 2.47. The molecule has 1 heterocycles. The molecule has 0 unspecified atom stereocenters. The molecular weight excluding hydrogens is 158 g/mol. The fourth-order valence-corrected chi connectivity index (χ4v) is 0.836. The number of aliphatic hydroxyl groups excluding tert-OH is 1. The summed E-state index contributed by atoms with van der Waals surface area (Å²) in [5.74, 6) is -0.218. The van der Waals surface area contributed by atoms with E-state index in [0.29, 0.717) is 5.69 Å². The first-order chi connectivity index (χ1) is 5.75. The fourth-order valence-electron chi connectivity index (χ4n) is 0.836. The van der Waals surface area contributed by atoms with E-state index in [4.69, 9.17) is 5.11 Å². The predicted molar refractivity (Wildman–Crippen MR) is 42.6 cm³/mol. The van der Waals surface area contributed by atoms with E-state index in [1.54, 1.807) is 17.9 Å². The topological polar surface area (TPSA) is 67.2 Å². The van der Waals surface area contributed by atoms with E-state index in [1.165, 1.54) is 6.20 Å². The van der Waals surface area contributed by atoms with Crippen LogP contribution in [0.25, 0.3) is 0 Å². The van der Waals surface area contributed by atoms with Crippen LogP contribution in [0.15, 0.2) is 12.5 Å². The van der Waals surface area contributed by atoms with E-state index in [0.717, 1.165) is 0 Å². The van der Waals surface area contributed by atoms with Gasteiger partial charge in [0.25, 0.3) is 5.91 Å². The summed E-state index contributed by atoms with van der Waals surface area (Å²) in [7, 11) is 1.74. The summed E-state index contributed by atoms with van der Waals surface area (Å²) in [6, 6.07) is 0. The van der Waals surface area contributed by atoms with E-state index in [9.17, 15) is 4.79 Å². The third-order valence-corrected chi connectivity index (χ3v) is 1.45. The third-order valence-electron chi connectivity index (χ3n) is 1.45. The number of carbonyl (C=O) groups excluding carboxylic acids is 1. The molecule has 12 heavy (non-hydrogen) atoms. The lowest BCUT2D eigenvalue weighted by molar-refractivity contribution is 0.0936. The summed E-state index contributed by atoms with van der Waals surface area (Å²) < 4.78 is 1.62. The molecule has 5 heteroatoms. The van der Waals surface area contributed by atoms with Crippen LogP contribution in [0.4, 0.5) is 0 Å². The van der Waals surface area contributed by atoms with E-state index >= 15 is 0 Å². The Morgan fingerprint density at radius 3 is 3.08 bits per heavy atom. The molecule has 0 aliphatic heterocycles. The highest BCUT2D eigenvalue weighted by molar-refractivity contribution is 5.92. The molecule has 0 saturated heterocycles. The number of imidazole rings is 1. The number of nitrogens with zero attached hydrogens (tertiary/aromatic N) is 2. The van der Waals surface area contributed by atoms with Crippen molar-refractivity contribution >= 4 is 5.91 Å². The summed E-state index contributed by atoms with van der Waals surface area (Å²) in [5.41, 5.74) is 0.489. The molecule has 2 N–H and O–H groups in total. The van der Waals surface area contributed by atoms with Gasteiger partial charge in [0, 0.05) is 13.6 Å². The number of hydrogen-bond donors (Lipinski definition) is 2. The number of amides is 1. The normalized spacial score (nSPS) is 9.83. The Kier molecular flexibility index (Phi) is 2.82. The van der Waals surface area contributed by atoms with Crippen LogP contribution in [0.3, 0.4) is 0 Å². The van der Waals surface area contributed by atoms with E-state index in [1.807, 2.05) is 0 Å². The molecule has 0 bridgehead atoms. The van der Waals surface area contributed by atoms with Crippen LogP contribution in [0.5, 0.6) is 0 Å². The first kappa shape index (κ1) is 8.73. The highest BCUT2D eigenvalue weighted by Gasteiger charge is 2.07. The van der Waals surface area contributed by atoms with Crippen LogP contribution in [0.1, 0.15) is 10.5 Å². The summed E-state index contributed by atoms with van der Waals surface area (Å²) in [5, 5.41) is 11.0. The minimum atomic E-state index is -0.218. The van der Waals surface area contributed by atoms with Gasteiger partial charge in [-0.2, -0.15) is 0 Å². The Bertz CT molecular complexity index is 269. The van der Waals surface area contributed by atoms with Gasteiger partial charge in [-0.1, -0.05) is 0 Å². The summed E-state index contributed by atoms with van der Waals surface area (Å²) in [6.07, 6.45) is 3.03. The minimum absolute atomic E-state index is 0.0520. The Hall–Kier alpha value is -1.36. The van der Waals surface area contributed by atoms with Gasteiger partial charge in [-0.15, -0.1) is 0 Å². The number of aromatic nitrogens is 2. The van der Waals surface area contributed by atoms with Crippen LogP contribution in [0, 0.1) is 0 Å². The number of nitrogens with one attached hydrogen (secondary N) is 1. The maximum Gasteiger partial charge on any atom is 0.269 e. The van der Waals surface area contributed by atoms with Gasteiger partial charge in [0.2, 0.25) is 0 Å². The molecule has 1 aromatic rings. The van der Waals surface area contributed by atoms with Gasteiger partial charge in [0.15, 0.2) is 0 Å². The minimum Gasteiger partial charge on any atom is -0.395 e. The Morgan fingerprint density at radius 1 is 1.83 bits per heavy atom. The van der Waals surface area contributed by atoms with Crippen molar-refractivity contribution in [3.05, 3.63) is 18.2 Å². The van der Waals surface area contributed by atoms with Crippen molar-refractivity contribution in [3.8, 4) is 0 Å². The molecule has 0 aliphatic rings. The Balaban J connectivity index is 2.59. The molecule has 0 atom stereocenters. The number of rotatable bonds is 3. The van der Waals surface area contributed by atoms with Gasteiger partial charge in [-0.3, -0.25) is 4.79 Å². The maximum atomic E-state index is 11.2. The lowest BCUT2D eigenvalue weighted by Gasteiger charge is -2.02.